The first-order valence-electron chi connectivity index (χ1n) is 5.03. The van der Waals surface area contributed by atoms with Gasteiger partial charge in [0.15, 0.2) is 0 Å². The summed E-state index contributed by atoms with van der Waals surface area (Å²) in [5.74, 6) is 1.84. The fourth-order valence-electron chi connectivity index (χ4n) is 1.84. The van der Waals surface area contributed by atoms with Crippen LogP contribution < -0.4 is 5.32 Å². The molecule has 0 amide bonds. The molecule has 2 atom stereocenters. The van der Waals surface area contributed by atoms with Crippen LogP contribution in [0.3, 0.4) is 0 Å². The zero-order chi connectivity index (χ0) is 8.10. The Labute approximate surface area is 70.6 Å². The Balaban J connectivity index is 2.22. The van der Waals surface area contributed by atoms with Crippen LogP contribution in [0.15, 0.2) is 0 Å². The maximum atomic E-state index is 3.54. The summed E-state index contributed by atoms with van der Waals surface area (Å²) in [5, 5.41) is 3.54. The van der Waals surface area contributed by atoms with Crippen LogP contribution in [0.25, 0.3) is 0 Å². The van der Waals surface area contributed by atoms with Crippen molar-refractivity contribution >= 4 is 0 Å². The molecule has 2 unspecified atom stereocenters. The van der Waals surface area contributed by atoms with E-state index < -0.39 is 0 Å². The molecule has 1 heterocycles. The highest BCUT2D eigenvalue weighted by Crippen LogP contribution is 2.17. The molecule has 1 saturated heterocycles. The van der Waals surface area contributed by atoms with Crippen molar-refractivity contribution in [3.8, 4) is 0 Å². The van der Waals surface area contributed by atoms with E-state index in [-0.39, 0.29) is 0 Å². The third-order valence-electron chi connectivity index (χ3n) is 2.81. The molecule has 11 heavy (non-hydrogen) atoms. The Morgan fingerprint density at radius 2 is 2.09 bits per heavy atom. The van der Waals surface area contributed by atoms with Gasteiger partial charge in [0.2, 0.25) is 0 Å². The van der Waals surface area contributed by atoms with Crippen molar-refractivity contribution in [3.05, 3.63) is 0 Å². The number of rotatable bonds is 1. The zero-order valence-electron chi connectivity index (χ0n) is 7.90. The van der Waals surface area contributed by atoms with Crippen LogP contribution in [0.1, 0.15) is 39.5 Å². The van der Waals surface area contributed by atoms with E-state index in [0.717, 1.165) is 11.8 Å². The van der Waals surface area contributed by atoms with Gasteiger partial charge in [0, 0.05) is 0 Å². The molecule has 0 aromatic heterocycles. The predicted molar refractivity (Wildman–Crippen MR) is 49.7 cm³/mol. The highest BCUT2D eigenvalue weighted by molar-refractivity contribution is 4.67. The fourth-order valence-corrected chi connectivity index (χ4v) is 1.84. The second-order valence-electron chi connectivity index (χ2n) is 3.97. The Hall–Kier alpha value is -0.0400. The van der Waals surface area contributed by atoms with E-state index in [9.17, 15) is 0 Å². The summed E-state index contributed by atoms with van der Waals surface area (Å²) in [4.78, 5) is 0. The van der Waals surface area contributed by atoms with Crippen LogP contribution in [0.4, 0.5) is 0 Å². The predicted octanol–water partition coefficient (Wildman–Crippen LogP) is 2.42. The molecular weight excluding hydrogens is 134 g/mol. The molecule has 1 aliphatic heterocycles. The highest BCUT2D eigenvalue weighted by atomic mass is 14.9. The van der Waals surface area contributed by atoms with Gasteiger partial charge in [-0.2, -0.15) is 0 Å². The van der Waals surface area contributed by atoms with Gasteiger partial charge in [0.05, 0.1) is 0 Å². The standard InChI is InChI=1S/C10H21N/c1-3-10-6-4-5-9(2)7-11-8-10/h9-11H,3-8H2,1-2H3. The number of hydrogen-bond donors (Lipinski definition) is 1. The van der Waals surface area contributed by atoms with Crippen LogP contribution in [0, 0.1) is 11.8 Å². The summed E-state index contributed by atoms with van der Waals surface area (Å²) in [7, 11) is 0. The quantitative estimate of drug-likeness (QED) is 0.613. The molecule has 0 bridgehead atoms. The molecule has 1 rings (SSSR count). The summed E-state index contributed by atoms with van der Waals surface area (Å²) >= 11 is 0. The van der Waals surface area contributed by atoms with E-state index in [0.29, 0.717) is 0 Å². The SMILES string of the molecule is CCC1CCCC(C)CNC1. The van der Waals surface area contributed by atoms with Crippen molar-refractivity contribution < 1.29 is 0 Å². The minimum atomic E-state index is 0.896. The molecule has 0 saturated carbocycles. The lowest BCUT2D eigenvalue weighted by molar-refractivity contribution is 0.341. The minimum absolute atomic E-state index is 0.896. The largest absolute Gasteiger partial charge is 0.316 e. The molecule has 0 aromatic rings. The maximum Gasteiger partial charge on any atom is -0.00205 e. The van der Waals surface area contributed by atoms with Gasteiger partial charge in [0.1, 0.15) is 0 Å². The summed E-state index contributed by atoms with van der Waals surface area (Å²) in [6, 6.07) is 0. The van der Waals surface area contributed by atoms with E-state index in [1.807, 2.05) is 0 Å². The molecule has 0 radical (unpaired) electrons. The summed E-state index contributed by atoms with van der Waals surface area (Å²) in [6.07, 6.45) is 5.65. The normalized spacial score (nSPS) is 34.4. The van der Waals surface area contributed by atoms with Crippen molar-refractivity contribution in [1.29, 1.82) is 0 Å². The molecule has 1 fully saturated rings. The Morgan fingerprint density at radius 3 is 2.82 bits per heavy atom. The third-order valence-corrected chi connectivity index (χ3v) is 2.81. The van der Waals surface area contributed by atoms with E-state index in [4.69, 9.17) is 0 Å². The zero-order valence-corrected chi connectivity index (χ0v) is 7.90. The molecule has 1 aliphatic rings. The van der Waals surface area contributed by atoms with Gasteiger partial charge < -0.3 is 5.32 Å². The van der Waals surface area contributed by atoms with Crippen LogP contribution in [-0.2, 0) is 0 Å². The molecule has 0 spiro atoms. The average molecular weight is 155 g/mol. The highest BCUT2D eigenvalue weighted by Gasteiger charge is 2.11. The topological polar surface area (TPSA) is 12.0 Å². The molecule has 1 N–H and O–H groups in total. The summed E-state index contributed by atoms with van der Waals surface area (Å²) in [5.41, 5.74) is 0. The second kappa shape index (κ2) is 4.76. The van der Waals surface area contributed by atoms with Crippen molar-refractivity contribution in [2.45, 2.75) is 39.5 Å². The number of hydrogen-bond acceptors (Lipinski definition) is 1. The Morgan fingerprint density at radius 1 is 1.27 bits per heavy atom. The second-order valence-corrected chi connectivity index (χ2v) is 3.97. The Bertz CT molecular complexity index is 91.0. The first kappa shape index (κ1) is 9.05. The molecule has 0 aliphatic carbocycles. The van der Waals surface area contributed by atoms with Gasteiger partial charge in [-0.05, 0) is 37.8 Å². The third kappa shape index (κ3) is 3.24. The minimum Gasteiger partial charge on any atom is -0.316 e. The maximum absolute atomic E-state index is 3.54. The average Bonchev–Trinajstić information content (AvgIpc) is 1.96. The first-order valence-corrected chi connectivity index (χ1v) is 5.03. The first-order chi connectivity index (χ1) is 5.33. The van der Waals surface area contributed by atoms with E-state index in [1.165, 1.54) is 38.8 Å². The molecule has 66 valence electrons. The van der Waals surface area contributed by atoms with E-state index in [1.54, 1.807) is 0 Å². The van der Waals surface area contributed by atoms with Gasteiger partial charge in [-0.1, -0.05) is 26.7 Å². The summed E-state index contributed by atoms with van der Waals surface area (Å²) < 4.78 is 0. The molecule has 1 nitrogen and oxygen atoms in total. The van der Waals surface area contributed by atoms with Gasteiger partial charge >= 0.3 is 0 Å². The fraction of sp³-hybridized carbons (Fsp3) is 1.00. The molecule has 0 aromatic carbocycles. The van der Waals surface area contributed by atoms with E-state index in [2.05, 4.69) is 19.2 Å². The van der Waals surface area contributed by atoms with Crippen molar-refractivity contribution in [1.82, 2.24) is 5.32 Å². The van der Waals surface area contributed by atoms with Crippen LogP contribution in [0.5, 0.6) is 0 Å². The van der Waals surface area contributed by atoms with Crippen LogP contribution in [0.2, 0.25) is 0 Å². The monoisotopic (exact) mass is 155 g/mol. The summed E-state index contributed by atoms with van der Waals surface area (Å²) in [6.45, 7) is 7.13. The van der Waals surface area contributed by atoms with Crippen molar-refractivity contribution in [3.63, 3.8) is 0 Å². The van der Waals surface area contributed by atoms with Gasteiger partial charge in [-0.25, -0.2) is 0 Å². The molecule has 1 heteroatoms. The Kier molecular flexibility index (Phi) is 3.92. The number of nitrogens with one attached hydrogen (secondary N) is 1. The smallest absolute Gasteiger partial charge is 0.00205 e. The van der Waals surface area contributed by atoms with Gasteiger partial charge in [0.25, 0.3) is 0 Å². The van der Waals surface area contributed by atoms with Gasteiger partial charge in [-0.15, -0.1) is 0 Å². The van der Waals surface area contributed by atoms with E-state index >= 15 is 0 Å². The van der Waals surface area contributed by atoms with Gasteiger partial charge in [-0.3, -0.25) is 0 Å². The lowest BCUT2D eigenvalue weighted by atomic mass is 9.93. The van der Waals surface area contributed by atoms with Crippen molar-refractivity contribution in [2.24, 2.45) is 11.8 Å². The lowest BCUT2D eigenvalue weighted by Crippen LogP contribution is -2.29. The van der Waals surface area contributed by atoms with Crippen LogP contribution >= 0.6 is 0 Å². The van der Waals surface area contributed by atoms with Crippen LogP contribution in [-0.4, -0.2) is 13.1 Å². The molecular formula is C10H21N. The van der Waals surface area contributed by atoms with Crippen molar-refractivity contribution in [2.75, 3.05) is 13.1 Å². The lowest BCUT2D eigenvalue weighted by Gasteiger charge is -2.22.